The zero-order chi connectivity index (χ0) is 19.6. The van der Waals surface area contributed by atoms with Crippen molar-refractivity contribution in [2.45, 2.75) is 20.8 Å². The van der Waals surface area contributed by atoms with Gasteiger partial charge < -0.3 is 0 Å². The van der Waals surface area contributed by atoms with E-state index in [0.29, 0.717) is 0 Å². The molecule has 2 aromatic heterocycles. The molecule has 0 N–H and O–H groups in total. The Morgan fingerprint density at radius 3 is 1.61 bits per heavy atom. The molecule has 0 nitrogen and oxygen atoms in total. The number of fused-ring (bicyclic) bond motifs is 5. The van der Waals surface area contributed by atoms with Crippen molar-refractivity contribution < 1.29 is 8.78 Å². The second kappa shape index (κ2) is 6.40. The van der Waals surface area contributed by atoms with Crippen LogP contribution in [0, 0.1) is 32.4 Å². The summed E-state index contributed by atoms with van der Waals surface area (Å²) in [5.74, 6) is -1.59. The van der Waals surface area contributed by atoms with E-state index < -0.39 is 11.6 Å². The van der Waals surface area contributed by atoms with E-state index in [0.717, 1.165) is 22.3 Å². The van der Waals surface area contributed by atoms with Crippen LogP contribution in [0.25, 0.3) is 22.3 Å². The molecule has 0 fully saturated rings. The zero-order valence-electron chi connectivity index (χ0n) is 15.8. The van der Waals surface area contributed by atoms with Gasteiger partial charge in [0.1, 0.15) is 0 Å². The van der Waals surface area contributed by atoms with E-state index >= 15 is 0 Å². The maximum atomic E-state index is 14.2. The Morgan fingerprint density at radius 1 is 0.679 bits per heavy atom. The molecule has 138 valence electrons. The Bertz CT molecular complexity index is 1150. The molecule has 5 heteroatoms. The molecule has 0 saturated heterocycles. The van der Waals surface area contributed by atoms with Crippen molar-refractivity contribution in [3.8, 4) is 22.3 Å². The Hall–Kier alpha value is -2.24. The molecule has 28 heavy (non-hydrogen) atoms. The third-order valence-corrected chi connectivity index (χ3v) is 7.55. The minimum atomic E-state index is -0.797. The molecule has 2 aromatic carbocycles. The molecule has 0 aliphatic carbocycles. The molecule has 4 aromatic rings. The van der Waals surface area contributed by atoms with Crippen LogP contribution in [0.1, 0.15) is 16.7 Å². The van der Waals surface area contributed by atoms with Gasteiger partial charge in [-0.15, -0.1) is 0 Å². The summed E-state index contributed by atoms with van der Waals surface area (Å²) in [5, 5.41) is 4.11. The summed E-state index contributed by atoms with van der Waals surface area (Å²) in [4.78, 5) is 0. The van der Waals surface area contributed by atoms with Crippen LogP contribution < -0.4 is 15.0 Å². The molecule has 3 heterocycles. The number of thiophene rings is 2. The maximum absolute atomic E-state index is 14.2. The molecule has 1 aliphatic heterocycles. The topological polar surface area (TPSA) is 0 Å². The third kappa shape index (κ3) is 2.53. The molecule has 0 bridgehead atoms. The van der Waals surface area contributed by atoms with Gasteiger partial charge in [0.05, 0.1) is 0 Å². The van der Waals surface area contributed by atoms with Crippen LogP contribution in [-0.2, 0) is 0 Å². The van der Waals surface area contributed by atoms with Gasteiger partial charge in [-0.3, -0.25) is 0 Å². The van der Waals surface area contributed by atoms with Gasteiger partial charge in [0.15, 0.2) is 11.6 Å². The van der Waals surface area contributed by atoms with Gasteiger partial charge in [-0.25, -0.2) is 8.78 Å². The molecule has 0 atom stereocenters. The van der Waals surface area contributed by atoms with Crippen LogP contribution in [0.5, 0.6) is 0 Å². The van der Waals surface area contributed by atoms with E-state index in [1.165, 1.54) is 43.8 Å². The van der Waals surface area contributed by atoms with Crippen molar-refractivity contribution >= 4 is 44.4 Å². The lowest BCUT2D eigenvalue weighted by Gasteiger charge is -2.19. The van der Waals surface area contributed by atoms with E-state index in [2.05, 4.69) is 43.7 Å². The van der Waals surface area contributed by atoms with E-state index in [9.17, 15) is 8.78 Å². The average molecular weight is 406 g/mol. The quantitative estimate of drug-likeness (QED) is 0.337. The number of aryl methyl sites for hydroxylation is 3. The van der Waals surface area contributed by atoms with Gasteiger partial charge >= 0.3 is 0 Å². The maximum Gasteiger partial charge on any atom is 0.268 e. The molecule has 0 radical (unpaired) electrons. The van der Waals surface area contributed by atoms with Crippen LogP contribution in [-0.4, -0.2) is 6.71 Å². The van der Waals surface area contributed by atoms with E-state index in [1.807, 2.05) is 12.1 Å². The highest BCUT2D eigenvalue weighted by atomic mass is 32.1. The normalized spacial score (nSPS) is 12.4. The van der Waals surface area contributed by atoms with Crippen LogP contribution in [0.15, 0.2) is 47.2 Å². The Labute approximate surface area is 171 Å². The molecule has 0 spiro atoms. The minimum absolute atomic E-state index is 0.0733. The molecule has 1 aliphatic rings. The summed E-state index contributed by atoms with van der Waals surface area (Å²) >= 11 is 3.39. The van der Waals surface area contributed by atoms with Crippen LogP contribution >= 0.6 is 22.7 Å². The fourth-order valence-corrected chi connectivity index (χ4v) is 6.68. The zero-order valence-corrected chi connectivity index (χ0v) is 17.4. The van der Waals surface area contributed by atoms with Gasteiger partial charge in [-0.1, -0.05) is 34.3 Å². The molecular formula is C23H17BF2S2. The van der Waals surface area contributed by atoms with Gasteiger partial charge in [0, 0.05) is 0 Å². The van der Waals surface area contributed by atoms with Crippen molar-refractivity contribution in [1.29, 1.82) is 0 Å². The summed E-state index contributed by atoms with van der Waals surface area (Å²) in [7, 11) is 0. The van der Waals surface area contributed by atoms with E-state index in [4.69, 9.17) is 0 Å². The summed E-state index contributed by atoms with van der Waals surface area (Å²) in [6, 6.07) is 11.2. The van der Waals surface area contributed by atoms with Crippen LogP contribution in [0.2, 0.25) is 0 Å². The van der Waals surface area contributed by atoms with Crippen LogP contribution in [0.3, 0.4) is 0 Å². The highest BCUT2D eigenvalue weighted by Crippen LogP contribution is 2.37. The molecule has 0 saturated carbocycles. The van der Waals surface area contributed by atoms with Crippen LogP contribution in [0.4, 0.5) is 8.78 Å². The third-order valence-electron chi connectivity index (χ3n) is 5.58. The lowest BCUT2D eigenvalue weighted by Crippen LogP contribution is -2.52. The number of rotatable bonds is 1. The Morgan fingerprint density at radius 2 is 1.14 bits per heavy atom. The lowest BCUT2D eigenvalue weighted by molar-refractivity contribution is 0.509. The van der Waals surface area contributed by atoms with Crippen molar-refractivity contribution in [1.82, 2.24) is 0 Å². The molecule has 0 amide bonds. The second-order valence-electron chi connectivity index (χ2n) is 7.45. The van der Waals surface area contributed by atoms with Crippen molar-refractivity contribution in [2.24, 2.45) is 0 Å². The van der Waals surface area contributed by atoms with E-state index in [-0.39, 0.29) is 6.71 Å². The molecular weight excluding hydrogens is 389 g/mol. The second-order valence-corrected chi connectivity index (χ2v) is 9.35. The minimum Gasteiger partial charge on any atom is -0.204 e. The SMILES string of the molecule is Cc1cc(C)c(B2c3sccc3-c3cc(F)c(F)cc3-c3ccsc32)c(C)c1. The van der Waals surface area contributed by atoms with Gasteiger partial charge in [0.25, 0.3) is 6.71 Å². The first-order chi connectivity index (χ1) is 13.5. The van der Waals surface area contributed by atoms with Crippen molar-refractivity contribution in [3.05, 3.63) is 75.5 Å². The number of hydrogen-bond acceptors (Lipinski definition) is 2. The van der Waals surface area contributed by atoms with Gasteiger partial charge in [-0.05, 0) is 87.6 Å². The average Bonchev–Trinajstić information content (AvgIpc) is 3.27. The molecule has 5 rings (SSSR count). The number of hydrogen-bond donors (Lipinski definition) is 0. The predicted octanol–water partition coefficient (Wildman–Crippen LogP) is 5.18. The first-order valence-corrected chi connectivity index (χ1v) is 10.9. The largest absolute Gasteiger partial charge is 0.268 e. The first kappa shape index (κ1) is 17.8. The lowest BCUT2D eigenvalue weighted by atomic mass is 9.40. The summed E-state index contributed by atoms with van der Waals surface area (Å²) < 4.78 is 30.7. The number of benzene rings is 2. The summed E-state index contributed by atoms with van der Waals surface area (Å²) in [5.41, 5.74) is 8.62. The van der Waals surface area contributed by atoms with Gasteiger partial charge in [0.2, 0.25) is 0 Å². The monoisotopic (exact) mass is 406 g/mol. The molecule has 0 unspecified atom stereocenters. The predicted molar refractivity (Wildman–Crippen MR) is 118 cm³/mol. The van der Waals surface area contributed by atoms with Crippen molar-refractivity contribution in [3.63, 3.8) is 0 Å². The summed E-state index contributed by atoms with van der Waals surface area (Å²) in [6.45, 7) is 6.51. The highest BCUT2D eigenvalue weighted by molar-refractivity contribution is 7.34. The first-order valence-electron chi connectivity index (χ1n) is 9.18. The fraction of sp³-hybridized carbons (Fsp3) is 0.130. The Kier molecular flexibility index (Phi) is 4.07. The smallest absolute Gasteiger partial charge is 0.204 e. The standard InChI is InChI=1S/C23H17BF2S2/c1-12-8-13(2)21(14(3)9-12)24-22-15(4-6-27-22)17-10-19(25)20(26)11-18(17)16-5-7-28-23(16)24/h4-11H,1-3H3. The fourth-order valence-electron chi connectivity index (χ4n) is 4.55. The summed E-state index contributed by atoms with van der Waals surface area (Å²) in [6.07, 6.45) is 0. The number of halogens is 2. The van der Waals surface area contributed by atoms with E-state index in [1.54, 1.807) is 22.7 Å². The Balaban J connectivity index is 1.89. The van der Waals surface area contributed by atoms with Gasteiger partial charge in [-0.2, -0.15) is 22.7 Å². The highest BCUT2D eigenvalue weighted by Gasteiger charge is 2.35. The van der Waals surface area contributed by atoms with Crippen molar-refractivity contribution in [2.75, 3.05) is 0 Å².